The van der Waals surface area contributed by atoms with Crippen molar-refractivity contribution in [1.82, 2.24) is 20.0 Å². The summed E-state index contributed by atoms with van der Waals surface area (Å²) < 4.78 is 7.40. The minimum Gasteiger partial charge on any atom is -0.378 e. The smallest absolute Gasteiger partial charge is 0.272 e. The SMILES string of the molecule is CN1[C@@H]2COC[C@H]1C[C@@H](NC(=O)c1nn(C)c3ccccc13)C2. The lowest BCUT2D eigenvalue weighted by Gasteiger charge is -2.46. The van der Waals surface area contributed by atoms with Gasteiger partial charge in [0, 0.05) is 30.6 Å². The Kier molecular flexibility index (Phi) is 3.58. The van der Waals surface area contributed by atoms with Crippen molar-refractivity contribution in [3.63, 3.8) is 0 Å². The van der Waals surface area contributed by atoms with Crippen LogP contribution in [0.2, 0.25) is 0 Å². The summed E-state index contributed by atoms with van der Waals surface area (Å²) in [7, 11) is 4.03. The van der Waals surface area contributed by atoms with E-state index in [1.165, 1.54) is 0 Å². The fourth-order valence-corrected chi connectivity index (χ4v) is 3.85. The number of hydrogen-bond donors (Lipinski definition) is 1. The number of benzene rings is 1. The number of aryl methyl sites for hydroxylation is 1. The molecular formula is C17H22N4O2. The predicted molar refractivity (Wildman–Crippen MR) is 87.4 cm³/mol. The minimum absolute atomic E-state index is 0.0738. The van der Waals surface area contributed by atoms with E-state index in [9.17, 15) is 4.79 Å². The second-order valence-corrected chi connectivity index (χ2v) is 6.64. The molecule has 6 heteroatoms. The quantitative estimate of drug-likeness (QED) is 0.904. The highest BCUT2D eigenvalue weighted by Crippen LogP contribution is 2.26. The zero-order chi connectivity index (χ0) is 16.0. The van der Waals surface area contributed by atoms with Crippen molar-refractivity contribution in [2.75, 3.05) is 20.3 Å². The first-order valence-electron chi connectivity index (χ1n) is 8.16. The van der Waals surface area contributed by atoms with Crippen molar-refractivity contribution < 1.29 is 9.53 Å². The molecule has 2 saturated heterocycles. The molecule has 2 aliphatic rings. The molecule has 2 aliphatic heterocycles. The number of ether oxygens (including phenoxy) is 1. The Morgan fingerprint density at radius 1 is 1.22 bits per heavy atom. The summed E-state index contributed by atoms with van der Waals surface area (Å²) in [5.74, 6) is -0.0738. The second kappa shape index (κ2) is 5.62. The van der Waals surface area contributed by atoms with Crippen molar-refractivity contribution in [2.24, 2.45) is 7.05 Å². The van der Waals surface area contributed by atoms with Gasteiger partial charge in [-0.1, -0.05) is 18.2 Å². The maximum atomic E-state index is 12.7. The highest BCUT2D eigenvalue weighted by Gasteiger charge is 2.37. The van der Waals surface area contributed by atoms with Gasteiger partial charge >= 0.3 is 0 Å². The van der Waals surface area contributed by atoms with Crippen LogP contribution >= 0.6 is 0 Å². The lowest BCUT2D eigenvalue weighted by atomic mass is 9.90. The van der Waals surface area contributed by atoms with Gasteiger partial charge in [0.05, 0.1) is 18.7 Å². The van der Waals surface area contributed by atoms with E-state index in [-0.39, 0.29) is 11.9 Å². The number of rotatable bonds is 2. The van der Waals surface area contributed by atoms with Crippen molar-refractivity contribution in [3.8, 4) is 0 Å². The van der Waals surface area contributed by atoms with E-state index >= 15 is 0 Å². The summed E-state index contributed by atoms with van der Waals surface area (Å²) >= 11 is 0. The first-order valence-corrected chi connectivity index (χ1v) is 8.16. The number of carbonyl (C=O) groups excluding carboxylic acids is 1. The van der Waals surface area contributed by atoms with Crippen LogP contribution in [0.3, 0.4) is 0 Å². The number of aromatic nitrogens is 2. The van der Waals surface area contributed by atoms with Crippen LogP contribution in [-0.4, -0.2) is 59.0 Å². The molecule has 3 atom stereocenters. The van der Waals surface area contributed by atoms with E-state index in [2.05, 4.69) is 22.4 Å². The van der Waals surface area contributed by atoms with Gasteiger partial charge in [0.25, 0.3) is 5.91 Å². The Morgan fingerprint density at radius 3 is 2.65 bits per heavy atom. The van der Waals surface area contributed by atoms with Gasteiger partial charge in [-0.2, -0.15) is 5.10 Å². The Hall–Kier alpha value is -1.92. The normalized spacial score (nSPS) is 28.0. The molecule has 0 unspecified atom stereocenters. The monoisotopic (exact) mass is 314 g/mol. The van der Waals surface area contributed by atoms with Crippen LogP contribution in [0, 0.1) is 0 Å². The number of likely N-dealkylation sites (N-methyl/N-ethyl adjacent to an activating group) is 1. The molecule has 0 spiro atoms. The predicted octanol–water partition coefficient (Wildman–Crippen LogP) is 1.16. The van der Waals surface area contributed by atoms with Crippen LogP contribution in [0.1, 0.15) is 23.3 Å². The second-order valence-electron chi connectivity index (χ2n) is 6.64. The molecule has 1 N–H and O–H groups in total. The topological polar surface area (TPSA) is 59.4 Å². The summed E-state index contributed by atoms with van der Waals surface area (Å²) in [5.41, 5.74) is 1.50. The molecule has 2 aromatic rings. The first kappa shape index (κ1) is 14.7. The molecule has 6 nitrogen and oxygen atoms in total. The molecule has 122 valence electrons. The third kappa shape index (κ3) is 2.52. The van der Waals surface area contributed by atoms with E-state index in [1.54, 1.807) is 4.68 Å². The summed E-state index contributed by atoms with van der Waals surface area (Å²) in [6.07, 6.45) is 1.87. The molecule has 4 rings (SSSR count). The molecule has 2 bridgehead atoms. The fourth-order valence-electron chi connectivity index (χ4n) is 3.85. The molecule has 1 aromatic heterocycles. The molecule has 0 saturated carbocycles. The van der Waals surface area contributed by atoms with Crippen molar-refractivity contribution >= 4 is 16.8 Å². The number of nitrogens with one attached hydrogen (secondary N) is 1. The largest absolute Gasteiger partial charge is 0.378 e. The number of fused-ring (bicyclic) bond motifs is 3. The summed E-state index contributed by atoms with van der Waals surface area (Å²) in [6.45, 7) is 1.51. The highest BCUT2D eigenvalue weighted by atomic mass is 16.5. The number of nitrogens with zero attached hydrogens (tertiary/aromatic N) is 3. The number of amides is 1. The van der Waals surface area contributed by atoms with E-state index in [4.69, 9.17) is 4.74 Å². The van der Waals surface area contributed by atoms with Crippen molar-refractivity contribution in [1.29, 1.82) is 0 Å². The van der Waals surface area contributed by atoms with Gasteiger partial charge < -0.3 is 10.1 Å². The lowest BCUT2D eigenvalue weighted by molar-refractivity contribution is -0.0670. The number of carbonyl (C=O) groups is 1. The summed E-state index contributed by atoms with van der Waals surface area (Å²) in [6, 6.07) is 8.83. The number of morpholine rings is 1. The number of hydrogen-bond acceptors (Lipinski definition) is 4. The lowest BCUT2D eigenvalue weighted by Crippen LogP contribution is -2.59. The van der Waals surface area contributed by atoms with Gasteiger partial charge in [0.1, 0.15) is 0 Å². The molecule has 3 heterocycles. The van der Waals surface area contributed by atoms with Gasteiger partial charge in [0.2, 0.25) is 0 Å². The Balaban J connectivity index is 1.54. The van der Waals surface area contributed by atoms with Crippen molar-refractivity contribution in [2.45, 2.75) is 31.0 Å². The van der Waals surface area contributed by atoms with Gasteiger partial charge in [0.15, 0.2) is 5.69 Å². The zero-order valence-electron chi connectivity index (χ0n) is 13.5. The number of piperidine rings is 1. The Bertz CT molecular complexity index is 727. The molecule has 23 heavy (non-hydrogen) atoms. The maximum absolute atomic E-state index is 12.7. The van der Waals surface area contributed by atoms with Crippen LogP contribution < -0.4 is 5.32 Å². The third-order valence-corrected chi connectivity index (χ3v) is 5.19. The van der Waals surface area contributed by atoms with Gasteiger partial charge in [-0.05, 0) is 26.0 Å². The molecule has 0 radical (unpaired) electrons. The maximum Gasteiger partial charge on any atom is 0.272 e. The van der Waals surface area contributed by atoms with E-state index in [0.29, 0.717) is 17.8 Å². The fraction of sp³-hybridized carbons (Fsp3) is 0.529. The van der Waals surface area contributed by atoms with E-state index in [0.717, 1.165) is 37.0 Å². The average molecular weight is 314 g/mol. The Morgan fingerprint density at radius 2 is 1.91 bits per heavy atom. The first-order chi connectivity index (χ1) is 11.1. The van der Waals surface area contributed by atoms with Crippen LogP contribution in [0.25, 0.3) is 10.9 Å². The zero-order valence-corrected chi connectivity index (χ0v) is 13.5. The van der Waals surface area contributed by atoms with Gasteiger partial charge in [-0.15, -0.1) is 0 Å². The molecule has 1 amide bonds. The van der Waals surface area contributed by atoms with Crippen LogP contribution in [0.15, 0.2) is 24.3 Å². The molecular weight excluding hydrogens is 292 g/mol. The molecule has 1 aromatic carbocycles. The average Bonchev–Trinajstić information content (AvgIpc) is 2.86. The van der Waals surface area contributed by atoms with E-state index in [1.807, 2.05) is 31.3 Å². The minimum atomic E-state index is -0.0738. The number of para-hydroxylation sites is 1. The molecule has 2 fully saturated rings. The standard InChI is InChI=1S/C17H22N4O2/c1-20-12-7-11(8-13(20)10-23-9-12)18-17(22)16-14-5-3-4-6-15(14)21(2)19-16/h3-6,11-13H,7-10H2,1-2H3,(H,18,22)/t11-,12-,13+. The van der Waals surface area contributed by atoms with Crippen LogP contribution in [0.4, 0.5) is 0 Å². The highest BCUT2D eigenvalue weighted by molar-refractivity contribution is 6.04. The van der Waals surface area contributed by atoms with Gasteiger partial charge in [-0.25, -0.2) is 0 Å². The van der Waals surface area contributed by atoms with Crippen molar-refractivity contribution in [3.05, 3.63) is 30.0 Å². The Labute approximate surface area is 135 Å². The van der Waals surface area contributed by atoms with Crippen LogP contribution in [-0.2, 0) is 11.8 Å². The van der Waals surface area contributed by atoms with E-state index < -0.39 is 0 Å². The molecule has 0 aliphatic carbocycles. The van der Waals surface area contributed by atoms with Gasteiger partial charge in [-0.3, -0.25) is 14.4 Å². The summed E-state index contributed by atoms with van der Waals surface area (Å²) in [5, 5.41) is 8.51. The third-order valence-electron chi connectivity index (χ3n) is 5.19. The van der Waals surface area contributed by atoms with Crippen LogP contribution in [0.5, 0.6) is 0 Å². The summed E-state index contributed by atoms with van der Waals surface area (Å²) in [4.78, 5) is 15.1.